The lowest BCUT2D eigenvalue weighted by Crippen LogP contribution is -2.38. The number of hydrazine groups is 1. The Balaban J connectivity index is 2.42. The number of nitrogens with two attached hydrogens (primary N) is 1. The molecule has 0 saturated carbocycles. The Morgan fingerprint density at radius 1 is 1.62 bits per heavy atom. The minimum Gasteiger partial charge on any atom is -0.384 e. The topological polar surface area (TPSA) is 65.1 Å². The van der Waals surface area contributed by atoms with E-state index in [2.05, 4.69) is 17.4 Å². The molecule has 0 aromatic carbocycles. The van der Waals surface area contributed by atoms with Crippen molar-refractivity contribution in [3.63, 3.8) is 0 Å². The SMILES string of the molecule is COCC(C)CC(Cc1ccn(C)n1)NN. The van der Waals surface area contributed by atoms with Gasteiger partial charge in [0, 0.05) is 39.4 Å². The van der Waals surface area contributed by atoms with Crippen molar-refractivity contribution in [3.8, 4) is 0 Å². The number of aryl methyl sites for hydroxylation is 1. The number of hydrogen-bond acceptors (Lipinski definition) is 4. The number of methoxy groups -OCH3 is 1. The number of ether oxygens (including phenoxy) is 1. The maximum absolute atomic E-state index is 5.55. The van der Waals surface area contributed by atoms with E-state index >= 15 is 0 Å². The quantitative estimate of drug-likeness (QED) is 0.524. The minimum atomic E-state index is 0.250. The molecule has 1 heterocycles. The molecule has 0 fully saturated rings. The molecule has 1 aromatic heterocycles. The lowest BCUT2D eigenvalue weighted by Gasteiger charge is -2.18. The smallest absolute Gasteiger partial charge is 0.0640 e. The van der Waals surface area contributed by atoms with E-state index in [0.29, 0.717) is 5.92 Å². The molecule has 0 amide bonds. The Hall–Kier alpha value is -0.910. The lowest BCUT2D eigenvalue weighted by molar-refractivity contribution is 0.149. The monoisotopic (exact) mass is 226 g/mol. The van der Waals surface area contributed by atoms with Gasteiger partial charge in [-0.25, -0.2) is 0 Å². The normalized spacial score (nSPS) is 15.0. The molecule has 3 N–H and O–H groups in total. The van der Waals surface area contributed by atoms with Crippen LogP contribution in [0.25, 0.3) is 0 Å². The van der Waals surface area contributed by atoms with Crippen LogP contribution < -0.4 is 11.3 Å². The lowest BCUT2D eigenvalue weighted by atomic mass is 9.99. The highest BCUT2D eigenvalue weighted by Gasteiger charge is 2.13. The van der Waals surface area contributed by atoms with Crippen LogP contribution in [0.2, 0.25) is 0 Å². The first kappa shape index (κ1) is 13.2. The summed E-state index contributed by atoms with van der Waals surface area (Å²) in [5.41, 5.74) is 3.91. The number of nitrogens with zero attached hydrogens (tertiary/aromatic N) is 2. The van der Waals surface area contributed by atoms with Crippen molar-refractivity contribution >= 4 is 0 Å². The van der Waals surface area contributed by atoms with Crippen LogP contribution in [0, 0.1) is 5.92 Å². The zero-order chi connectivity index (χ0) is 12.0. The number of nitrogens with one attached hydrogen (secondary N) is 1. The van der Waals surface area contributed by atoms with Crippen LogP contribution in [0.5, 0.6) is 0 Å². The zero-order valence-electron chi connectivity index (χ0n) is 10.3. The zero-order valence-corrected chi connectivity index (χ0v) is 10.3. The van der Waals surface area contributed by atoms with Gasteiger partial charge in [0.2, 0.25) is 0 Å². The Labute approximate surface area is 96.9 Å². The average molecular weight is 226 g/mol. The summed E-state index contributed by atoms with van der Waals surface area (Å²) in [6.07, 6.45) is 3.79. The Kier molecular flexibility index (Phi) is 5.45. The number of rotatable bonds is 7. The molecule has 0 aliphatic carbocycles. The molecule has 0 radical (unpaired) electrons. The predicted octanol–water partition coefficient (Wildman–Crippen LogP) is 0.467. The second-order valence-corrected chi connectivity index (χ2v) is 4.34. The minimum absolute atomic E-state index is 0.250. The van der Waals surface area contributed by atoms with Gasteiger partial charge in [-0.3, -0.25) is 16.0 Å². The molecule has 92 valence electrons. The van der Waals surface area contributed by atoms with E-state index in [0.717, 1.165) is 25.1 Å². The highest BCUT2D eigenvalue weighted by Crippen LogP contribution is 2.10. The van der Waals surface area contributed by atoms with Crippen LogP contribution in [0.3, 0.4) is 0 Å². The molecule has 0 aliphatic heterocycles. The van der Waals surface area contributed by atoms with Gasteiger partial charge in [0.15, 0.2) is 0 Å². The van der Waals surface area contributed by atoms with Crippen LogP contribution in [0.4, 0.5) is 0 Å². The maximum atomic E-state index is 5.55. The first-order chi connectivity index (χ1) is 7.65. The number of aromatic nitrogens is 2. The van der Waals surface area contributed by atoms with Gasteiger partial charge in [0.25, 0.3) is 0 Å². The van der Waals surface area contributed by atoms with E-state index in [1.54, 1.807) is 7.11 Å². The van der Waals surface area contributed by atoms with Gasteiger partial charge in [-0.2, -0.15) is 5.10 Å². The van der Waals surface area contributed by atoms with E-state index in [1.165, 1.54) is 0 Å². The first-order valence-electron chi connectivity index (χ1n) is 5.59. The number of hydrogen-bond donors (Lipinski definition) is 2. The Morgan fingerprint density at radius 3 is 2.88 bits per heavy atom. The summed E-state index contributed by atoms with van der Waals surface area (Å²) in [5, 5.41) is 4.34. The van der Waals surface area contributed by atoms with Crippen molar-refractivity contribution in [2.75, 3.05) is 13.7 Å². The largest absolute Gasteiger partial charge is 0.384 e. The van der Waals surface area contributed by atoms with Crippen molar-refractivity contribution in [3.05, 3.63) is 18.0 Å². The van der Waals surface area contributed by atoms with Crippen LogP contribution >= 0.6 is 0 Å². The predicted molar refractivity (Wildman–Crippen MR) is 63.7 cm³/mol. The molecule has 0 aliphatic rings. The van der Waals surface area contributed by atoms with Gasteiger partial charge in [-0.15, -0.1) is 0 Å². The molecule has 2 unspecified atom stereocenters. The van der Waals surface area contributed by atoms with Crippen molar-refractivity contribution in [2.24, 2.45) is 18.8 Å². The summed E-state index contributed by atoms with van der Waals surface area (Å²) >= 11 is 0. The Morgan fingerprint density at radius 2 is 2.38 bits per heavy atom. The van der Waals surface area contributed by atoms with Crippen molar-refractivity contribution in [1.29, 1.82) is 0 Å². The van der Waals surface area contributed by atoms with Crippen LogP contribution in [0.1, 0.15) is 19.0 Å². The van der Waals surface area contributed by atoms with E-state index in [9.17, 15) is 0 Å². The van der Waals surface area contributed by atoms with Gasteiger partial charge < -0.3 is 4.74 Å². The molecule has 1 rings (SSSR count). The van der Waals surface area contributed by atoms with E-state index in [1.807, 2.05) is 24.0 Å². The van der Waals surface area contributed by atoms with Gasteiger partial charge in [0.05, 0.1) is 5.69 Å². The van der Waals surface area contributed by atoms with Crippen molar-refractivity contribution in [2.45, 2.75) is 25.8 Å². The maximum Gasteiger partial charge on any atom is 0.0640 e. The van der Waals surface area contributed by atoms with E-state index < -0.39 is 0 Å². The fourth-order valence-corrected chi connectivity index (χ4v) is 1.87. The molecule has 0 saturated heterocycles. The van der Waals surface area contributed by atoms with Gasteiger partial charge in [-0.1, -0.05) is 6.92 Å². The molecule has 0 spiro atoms. The molecule has 2 atom stereocenters. The van der Waals surface area contributed by atoms with Crippen LogP contribution in [0.15, 0.2) is 12.3 Å². The first-order valence-corrected chi connectivity index (χ1v) is 5.59. The molecule has 16 heavy (non-hydrogen) atoms. The van der Waals surface area contributed by atoms with Crippen molar-refractivity contribution < 1.29 is 4.74 Å². The summed E-state index contributed by atoms with van der Waals surface area (Å²) in [5.74, 6) is 6.04. The molecule has 5 heteroatoms. The molecule has 5 nitrogen and oxygen atoms in total. The summed E-state index contributed by atoms with van der Waals surface area (Å²) in [6, 6.07) is 2.27. The average Bonchev–Trinajstić information content (AvgIpc) is 2.63. The Bertz CT molecular complexity index is 300. The van der Waals surface area contributed by atoms with Gasteiger partial charge >= 0.3 is 0 Å². The van der Waals surface area contributed by atoms with Crippen molar-refractivity contribution in [1.82, 2.24) is 15.2 Å². The second kappa shape index (κ2) is 6.62. The fraction of sp³-hybridized carbons (Fsp3) is 0.727. The third kappa shape index (κ3) is 4.30. The van der Waals surface area contributed by atoms with Gasteiger partial charge in [0.1, 0.15) is 0 Å². The second-order valence-electron chi connectivity index (χ2n) is 4.34. The molecule has 0 bridgehead atoms. The molecular weight excluding hydrogens is 204 g/mol. The third-order valence-corrected chi connectivity index (χ3v) is 2.60. The summed E-state index contributed by atoms with van der Waals surface area (Å²) in [7, 11) is 3.64. The summed E-state index contributed by atoms with van der Waals surface area (Å²) in [6.45, 7) is 2.92. The highest BCUT2D eigenvalue weighted by molar-refractivity contribution is 5.01. The summed E-state index contributed by atoms with van der Waals surface area (Å²) < 4.78 is 6.92. The third-order valence-electron chi connectivity index (χ3n) is 2.60. The standard InChI is InChI=1S/C11H22N4O/c1-9(8-16-3)6-11(13-12)7-10-4-5-15(2)14-10/h4-5,9,11,13H,6-8,12H2,1-3H3. The van der Waals surface area contributed by atoms with E-state index in [-0.39, 0.29) is 6.04 Å². The molecule has 1 aromatic rings. The molecular formula is C11H22N4O. The highest BCUT2D eigenvalue weighted by atomic mass is 16.5. The van der Waals surface area contributed by atoms with Crippen LogP contribution in [-0.4, -0.2) is 29.5 Å². The van der Waals surface area contributed by atoms with Gasteiger partial charge in [-0.05, 0) is 18.4 Å². The fourth-order valence-electron chi connectivity index (χ4n) is 1.87. The van der Waals surface area contributed by atoms with Crippen LogP contribution in [-0.2, 0) is 18.2 Å². The summed E-state index contributed by atoms with van der Waals surface area (Å²) in [4.78, 5) is 0. The van der Waals surface area contributed by atoms with E-state index in [4.69, 9.17) is 10.6 Å².